The second kappa shape index (κ2) is 6.25. The SMILES string of the molecule is CN1C(=O)C(c2cccc(O)c2)(c2cccc(-c3cccnc3)c2)N=C1N. The molecule has 3 aromatic rings. The van der Waals surface area contributed by atoms with Gasteiger partial charge in [0.1, 0.15) is 5.75 Å². The quantitative estimate of drug-likeness (QED) is 0.752. The fourth-order valence-corrected chi connectivity index (χ4v) is 3.37. The molecule has 0 radical (unpaired) electrons. The molecule has 1 amide bonds. The highest BCUT2D eigenvalue weighted by Crippen LogP contribution is 2.41. The third kappa shape index (κ3) is 2.62. The number of phenols is 1. The minimum Gasteiger partial charge on any atom is -0.508 e. The fraction of sp³-hybridized carbons (Fsp3) is 0.0952. The first kappa shape index (κ1) is 16.8. The Morgan fingerprint density at radius 1 is 1.00 bits per heavy atom. The number of pyridine rings is 1. The number of phenolic OH excluding ortho intramolecular Hbond substituents is 1. The van der Waals surface area contributed by atoms with Crippen LogP contribution < -0.4 is 5.73 Å². The van der Waals surface area contributed by atoms with E-state index in [0.717, 1.165) is 11.1 Å². The van der Waals surface area contributed by atoms with Crippen LogP contribution in [0, 0.1) is 0 Å². The van der Waals surface area contributed by atoms with Gasteiger partial charge in [0, 0.05) is 19.4 Å². The van der Waals surface area contributed by atoms with E-state index in [2.05, 4.69) is 9.98 Å². The molecule has 4 rings (SSSR count). The van der Waals surface area contributed by atoms with Crippen LogP contribution in [-0.2, 0) is 10.3 Å². The lowest BCUT2D eigenvalue weighted by atomic mass is 9.81. The first-order valence-corrected chi connectivity index (χ1v) is 8.46. The van der Waals surface area contributed by atoms with Crippen LogP contribution in [0.25, 0.3) is 11.1 Å². The molecular formula is C21H18N4O2. The molecule has 1 aromatic heterocycles. The Kier molecular flexibility index (Phi) is 3.88. The third-order valence-corrected chi connectivity index (χ3v) is 4.78. The van der Waals surface area contributed by atoms with E-state index >= 15 is 0 Å². The molecule has 134 valence electrons. The average Bonchev–Trinajstić information content (AvgIpc) is 2.94. The molecule has 2 aromatic carbocycles. The number of benzene rings is 2. The molecule has 0 fully saturated rings. The summed E-state index contributed by atoms with van der Waals surface area (Å²) in [5.74, 6) is -0.0736. The van der Waals surface area contributed by atoms with Crippen molar-refractivity contribution in [2.24, 2.45) is 10.7 Å². The normalized spacial score (nSPS) is 19.2. The Bertz CT molecular complexity index is 1050. The highest BCUT2D eigenvalue weighted by molar-refractivity contribution is 6.09. The maximum absolute atomic E-state index is 13.2. The summed E-state index contributed by atoms with van der Waals surface area (Å²) in [5, 5.41) is 9.97. The average molecular weight is 358 g/mol. The van der Waals surface area contributed by atoms with Gasteiger partial charge in [-0.3, -0.25) is 14.7 Å². The number of nitrogens with zero attached hydrogens (tertiary/aromatic N) is 3. The molecule has 1 aliphatic heterocycles. The molecule has 0 aliphatic carbocycles. The number of carbonyl (C=O) groups excluding carboxylic acids is 1. The van der Waals surface area contributed by atoms with Gasteiger partial charge in [0.25, 0.3) is 5.91 Å². The molecule has 0 spiro atoms. The van der Waals surface area contributed by atoms with Crippen molar-refractivity contribution in [3.05, 3.63) is 84.2 Å². The van der Waals surface area contributed by atoms with Crippen LogP contribution in [0.15, 0.2) is 78.0 Å². The van der Waals surface area contributed by atoms with Gasteiger partial charge in [-0.15, -0.1) is 0 Å². The lowest BCUT2D eigenvalue weighted by Gasteiger charge is -2.26. The lowest BCUT2D eigenvalue weighted by molar-refractivity contribution is -0.129. The van der Waals surface area contributed by atoms with E-state index in [4.69, 9.17) is 5.73 Å². The predicted octanol–water partition coefficient (Wildman–Crippen LogP) is 2.48. The zero-order valence-corrected chi connectivity index (χ0v) is 14.7. The fourth-order valence-electron chi connectivity index (χ4n) is 3.37. The smallest absolute Gasteiger partial charge is 0.266 e. The van der Waals surface area contributed by atoms with E-state index in [-0.39, 0.29) is 17.6 Å². The van der Waals surface area contributed by atoms with Crippen molar-refractivity contribution in [1.29, 1.82) is 0 Å². The number of amides is 1. The first-order chi connectivity index (χ1) is 13.0. The molecule has 1 atom stereocenters. The van der Waals surface area contributed by atoms with Crippen LogP contribution >= 0.6 is 0 Å². The third-order valence-electron chi connectivity index (χ3n) is 4.78. The van der Waals surface area contributed by atoms with Crippen molar-refractivity contribution in [3.8, 4) is 16.9 Å². The highest BCUT2D eigenvalue weighted by atomic mass is 16.3. The Labute approximate surface area is 156 Å². The second-order valence-electron chi connectivity index (χ2n) is 6.42. The van der Waals surface area contributed by atoms with E-state index in [1.54, 1.807) is 43.7 Å². The first-order valence-electron chi connectivity index (χ1n) is 8.46. The van der Waals surface area contributed by atoms with Crippen molar-refractivity contribution in [2.45, 2.75) is 5.54 Å². The van der Waals surface area contributed by atoms with Crippen LogP contribution in [0.4, 0.5) is 0 Å². The summed E-state index contributed by atoms with van der Waals surface area (Å²) in [6.07, 6.45) is 3.47. The molecule has 0 saturated heterocycles. The van der Waals surface area contributed by atoms with E-state index in [1.165, 1.54) is 4.90 Å². The van der Waals surface area contributed by atoms with Gasteiger partial charge < -0.3 is 10.8 Å². The number of nitrogens with two attached hydrogens (primary N) is 1. The summed E-state index contributed by atoms with van der Waals surface area (Å²) in [6, 6.07) is 18.0. The highest BCUT2D eigenvalue weighted by Gasteiger charge is 2.49. The van der Waals surface area contributed by atoms with Gasteiger partial charge in [-0.1, -0.05) is 36.4 Å². The molecule has 27 heavy (non-hydrogen) atoms. The monoisotopic (exact) mass is 358 g/mol. The number of hydrogen-bond acceptors (Lipinski definition) is 5. The molecular weight excluding hydrogens is 340 g/mol. The predicted molar refractivity (Wildman–Crippen MR) is 103 cm³/mol. The van der Waals surface area contributed by atoms with Crippen LogP contribution in [0.5, 0.6) is 5.75 Å². The molecule has 3 N–H and O–H groups in total. The molecule has 6 nitrogen and oxygen atoms in total. The number of hydrogen-bond donors (Lipinski definition) is 2. The van der Waals surface area contributed by atoms with Crippen molar-refractivity contribution in [3.63, 3.8) is 0 Å². The summed E-state index contributed by atoms with van der Waals surface area (Å²) >= 11 is 0. The number of likely N-dealkylation sites (N-methyl/N-ethyl adjacent to an activating group) is 1. The van der Waals surface area contributed by atoms with E-state index in [0.29, 0.717) is 11.1 Å². The van der Waals surface area contributed by atoms with Crippen LogP contribution in [0.1, 0.15) is 11.1 Å². The topological polar surface area (TPSA) is 91.8 Å². The molecule has 2 heterocycles. The lowest BCUT2D eigenvalue weighted by Crippen LogP contribution is -2.41. The summed E-state index contributed by atoms with van der Waals surface area (Å²) in [5.41, 5.74) is 7.73. The van der Waals surface area contributed by atoms with E-state index in [1.807, 2.05) is 36.4 Å². The standard InChI is InChI=1S/C21H18N4O2/c1-25-19(27)21(24-20(25)22,17-8-3-9-18(26)12-17)16-7-2-5-14(11-16)15-6-4-10-23-13-15/h2-13,26H,1H3,(H2,22,24). The van der Waals surface area contributed by atoms with Gasteiger partial charge in [0.05, 0.1) is 0 Å². The van der Waals surface area contributed by atoms with Crippen molar-refractivity contribution >= 4 is 11.9 Å². The van der Waals surface area contributed by atoms with Crippen molar-refractivity contribution in [1.82, 2.24) is 9.88 Å². The summed E-state index contributed by atoms with van der Waals surface area (Å²) in [7, 11) is 1.59. The molecule has 1 unspecified atom stereocenters. The van der Waals surface area contributed by atoms with Crippen molar-refractivity contribution < 1.29 is 9.90 Å². The maximum atomic E-state index is 13.2. The van der Waals surface area contributed by atoms with E-state index in [9.17, 15) is 9.90 Å². The van der Waals surface area contributed by atoms with Gasteiger partial charge in [-0.2, -0.15) is 0 Å². The van der Waals surface area contributed by atoms with Crippen LogP contribution in [0.3, 0.4) is 0 Å². The molecule has 0 bridgehead atoms. The van der Waals surface area contributed by atoms with Gasteiger partial charge in [0.15, 0.2) is 11.5 Å². The number of guanidine groups is 1. The summed E-state index contributed by atoms with van der Waals surface area (Å²) in [4.78, 5) is 23.3. The Morgan fingerprint density at radius 3 is 2.33 bits per heavy atom. The Balaban J connectivity index is 1.95. The van der Waals surface area contributed by atoms with Crippen LogP contribution in [-0.4, -0.2) is 33.9 Å². The molecule has 0 saturated carbocycles. The van der Waals surface area contributed by atoms with E-state index < -0.39 is 5.54 Å². The number of aliphatic imine (C=N–C) groups is 1. The van der Waals surface area contributed by atoms with Crippen molar-refractivity contribution in [2.75, 3.05) is 7.05 Å². The second-order valence-corrected chi connectivity index (χ2v) is 6.42. The largest absolute Gasteiger partial charge is 0.508 e. The zero-order valence-electron chi connectivity index (χ0n) is 14.7. The number of aromatic hydroxyl groups is 1. The van der Waals surface area contributed by atoms with Gasteiger partial charge in [0.2, 0.25) is 0 Å². The maximum Gasteiger partial charge on any atom is 0.266 e. The number of carbonyl (C=O) groups is 1. The summed E-state index contributed by atoms with van der Waals surface area (Å²) < 4.78 is 0. The minimum atomic E-state index is -1.34. The minimum absolute atomic E-state index is 0.0615. The van der Waals surface area contributed by atoms with Gasteiger partial charge in [-0.05, 0) is 46.5 Å². The summed E-state index contributed by atoms with van der Waals surface area (Å²) in [6.45, 7) is 0. The Hall–Kier alpha value is -3.67. The molecule has 1 aliphatic rings. The Morgan fingerprint density at radius 2 is 1.70 bits per heavy atom. The van der Waals surface area contributed by atoms with Gasteiger partial charge >= 0.3 is 0 Å². The molecule has 6 heteroatoms. The van der Waals surface area contributed by atoms with Crippen LogP contribution in [0.2, 0.25) is 0 Å². The number of rotatable bonds is 3. The zero-order chi connectivity index (χ0) is 19.0. The van der Waals surface area contributed by atoms with Gasteiger partial charge in [-0.25, -0.2) is 4.99 Å². The number of aromatic nitrogens is 1.